The molecule has 0 spiro atoms. The van der Waals surface area contributed by atoms with E-state index in [1.165, 1.54) is 12.1 Å². The number of halogens is 3. The molecular formula is C16H15Cl2FN2O. The third-order valence-electron chi connectivity index (χ3n) is 3.58. The van der Waals surface area contributed by atoms with E-state index in [0.717, 1.165) is 5.56 Å². The van der Waals surface area contributed by atoms with E-state index in [-0.39, 0.29) is 11.9 Å². The molecule has 3 rings (SSSR count). The largest absolute Gasteiger partial charge is 0.484 e. The average molecular weight is 341 g/mol. The van der Waals surface area contributed by atoms with Gasteiger partial charge in [-0.2, -0.15) is 0 Å². The molecule has 6 heteroatoms. The Hall–Kier alpha value is -1.49. The van der Waals surface area contributed by atoms with Crippen LogP contribution in [0.5, 0.6) is 5.75 Å². The Labute approximate surface area is 138 Å². The van der Waals surface area contributed by atoms with Gasteiger partial charge in [0.05, 0.1) is 22.3 Å². The summed E-state index contributed by atoms with van der Waals surface area (Å²) in [6.07, 6.45) is -0.181. The van der Waals surface area contributed by atoms with E-state index in [2.05, 4.69) is 5.32 Å². The lowest BCUT2D eigenvalue weighted by atomic mass is 10.0. The molecule has 0 amide bonds. The van der Waals surface area contributed by atoms with Gasteiger partial charge in [0.25, 0.3) is 0 Å². The predicted octanol–water partition coefficient (Wildman–Crippen LogP) is 4.24. The normalized spacial score (nSPS) is 16.7. The van der Waals surface area contributed by atoms with E-state index < -0.39 is 0 Å². The van der Waals surface area contributed by atoms with Gasteiger partial charge in [0.1, 0.15) is 11.9 Å². The number of ether oxygens (including phenoxy) is 1. The molecule has 0 saturated heterocycles. The Morgan fingerprint density at radius 2 is 1.95 bits per heavy atom. The topological polar surface area (TPSA) is 47.3 Å². The SMILES string of the molecule is Cc1cc(Cl)c(-c2cc(F)cc3c2O[C@@H](CN)CN3)c(Cl)c1. The molecule has 3 nitrogen and oxygen atoms in total. The van der Waals surface area contributed by atoms with Crippen LogP contribution in [0.1, 0.15) is 5.56 Å². The molecule has 0 aromatic heterocycles. The first-order valence-corrected chi connectivity index (χ1v) is 7.65. The van der Waals surface area contributed by atoms with E-state index in [1.54, 1.807) is 12.1 Å². The van der Waals surface area contributed by atoms with Crippen LogP contribution in [0.3, 0.4) is 0 Å². The lowest BCUT2D eigenvalue weighted by Crippen LogP contribution is -2.37. The number of aryl methyl sites for hydroxylation is 1. The van der Waals surface area contributed by atoms with Crippen molar-refractivity contribution in [3.63, 3.8) is 0 Å². The number of fused-ring (bicyclic) bond motifs is 1. The minimum atomic E-state index is -0.385. The highest BCUT2D eigenvalue weighted by Gasteiger charge is 2.25. The van der Waals surface area contributed by atoms with Gasteiger partial charge in [0.15, 0.2) is 5.75 Å². The van der Waals surface area contributed by atoms with Gasteiger partial charge in [0.2, 0.25) is 0 Å². The van der Waals surface area contributed by atoms with Crippen LogP contribution in [-0.4, -0.2) is 19.2 Å². The van der Waals surface area contributed by atoms with E-state index >= 15 is 0 Å². The van der Waals surface area contributed by atoms with Crippen molar-refractivity contribution in [2.45, 2.75) is 13.0 Å². The van der Waals surface area contributed by atoms with Gasteiger partial charge in [-0.25, -0.2) is 4.39 Å². The van der Waals surface area contributed by atoms with Crippen LogP contribution in [0.4, 0.5) is 10.1 Å². The summed E-state index contributed by atoms with van der Waals surface area (Å²) in [6.45, 7) is 2.78. The number of hydrogen-bond acceptors (Lipinski definition) is 3. The maximum Gasteiger partial charge on any atom is 0.151 e. The summed E-state index contributed by atoms with van der Waals surface area (Å²) in [6, 6.07) is 6.34. The van der Waals surface area contributed by atoms with Gasteiger partial charge < -0.3 is 15.8 Å². The van der Waals surface area contributed by atoms with E-state index in [0.29, 0.717) is 45.7 Å². The predicted molar refractivity (Wildman–Crippen MR) is 88.6 cm³/mol. The number of anilines is 1. The fourth-order valence-electron chi connectivity index (χ4n) is 2.56. The van der Waals surface area contributed by atoms with Crippen molar-refractivity contribution in [2.24, 2.45) is 5.73 Å². The van der Waals surface area contributed by atoms with E-state index in [4.69, 9.17) is 33.7 Å². The van der Waals surface area contributed by atoms with Crippen molar-refractivity contribution >= 4 is 28.9 Å². The first-order valence-electron chi connectivity index (χ1n) is 6.89. The molecule has 0 radical (unpaired) electrons. The zero-order valence-electron chi connectivity index (χ0n) is 11.9. The molecule has 0 fully saturated rings. The standard InChI is InChI=1S/C16H15Cl2FN2O/c1-8-2-12(17)15(13(18)3-8)11-4-9(19)5-14-16(11)22-10(6-20)7-21-14/h2-5,10,21H,6-7,20H2,1H3/t10-/m0/s1. The molecular weight excluding hydrogens is 326 g/mol. The van der Waals surface area contributed by atoms with Crippen LogP contribution in [0, 0.1) is 12.7 Å². The zero-order chi connectivity index (χ0) is 15.9. The minimum absolute atomic E-state index is 0.181. The highest BCUT2D eigenvalue weighted by atomic mass is 35.5. The van der Waals surface area contributed by atoms with Crippen molar-refractivity contribution in [1.82, 2.24) is 0 Å². The molecule has 1 aliphatic heterocycles. The summed E-state index contributed by atoms with van der Waals surface area (Å²) >= 11 is 12.7. The molecule has 1 aliphatic rings. The third kappa shape index (κ3) is 2.74. The summed E-state index contributed by atoms with van der Waals surface area (Å²) in [4.78, 5) is 0. The monoisotopic (exact) mass is 340 g/mol. The fraction of sp³-hybridized carbons (Fsp3) is 0.250. The third-order valence-corrected chi connectivity index (χ3v) is 4.17. The minimum Gasteiger partial charge on any atom is -0.484 e. The molecule has 0 aliphatic carbocycles. The maximum atomic E-state index is 14.0. The number of benzene rings is 2. The molecule has 116 valence electrons. The van der Waals surface area contributed by atoms with Gasteiger partial charge >= 0.3 is 0 Å². The Morgan fingerprint density at radius 3 is 2.59 bits per heavy atom. The molecule has 22 heavy (non-hydrogen) atoms. The summed E-state index contributed by atoms with van der Waals surface area (Å²) in [5, 5.41) is 4.04. The maximum absolute atomic E-state index is 14.0. The van der Waals surface area contributed by atoms with Gasteiger partial charge in [-0.05, 0) is 30.7 Å². The summed E-state index contributed by atoms with van der Waals surface area (Å²) in [7, 11) is 0. The Kier molecular flexibility index (Phi) is 4.17. The molecule has 1 heterocycles. The van der Waals surface area contributed by atoms with E-state index in [1.807, 2.05) is 6.92 Å². The second-order valence-corrected chi connectivity index (χ2v) is 6.10. The summed E-state index contributed by atoms with van der Waals surface area (Å²) in [5.41, 5.74) is 8.26. The molecule has 0 saturated carbocycles. The number of nitrogens with two attached hydrogens (primary N) is 1. The Bertz CT molecular complexity index is 713. The van der Waals surface area contributed by atoms with Gasteiger partial charge in [-0.1, -0.05) is 23.2 Å². The Balaban J connectivity index is 2.22. The van der Waals surface area contributed by atoms with Crippen LogP contribution in [0.25, 0.3) is 11.1 Å². The summed E-state index contributed by atoms with van der Waals surface area (Å²) in [5.74, 6) is 0.138. The highest BCUT2D eigenvalue weighted by molar-refractivity contribution is 6.39. The molecule has 2 aromatic carbocycles. The molecule has 0 unspecified atom stereocenters. The molecule has 0 bridgehead atoms. The van der Waals surface area contributed by atoms with Crippen molar-refractivity contribution in [2.75, 3.05) is 18.4 Å². The molecule has 3 N–H and O–H groups in total. The van der Waals surface area contributed by atoms with E-state index in [9.17, 15) is 4.39 Å². The number of hydrogen-bond donors (Lipinski definition) is 2. The second-order valence-electron chi connectivity index (χ2n) is 5.29. The smallest absolute Gasteiger partial charge is 0.151 e. The first-order chi connectivity index (χ1) is 10.5. The number of rotatable bonds is 2. The van der Waals surface area contributed by atoms with Crippen LogP contribution < -0.4 is 15.8 Å². The quantitative estimate of drug-likeness (QED) is 0.859. The van der Waals surface area contributed by atoms with Gasteiger partial charge in [0, 0.05) is 23.7 Å². The second kappa shape index (κ2) is 5.95. The fourth-order valence-corrected chi connectivity index (χ4v) is 3.36. The molecule has 2 aromatic rings. The zero-order valence-corrected chi connectivity index (χ0v) is 13.4. The van der Waals surface area contributed by atoms with Crippen molar-refractivity contribution in [3.8, 4) is 16.9 Å². The van der Waals surface area contributed by atoms with Gasteiger partial charge in [-0.3, -0.25) is 0 Å². The van der Waals surface area contributed by atoms with Crippen molar-refractivity contribution in [3.05, 3.63) is 45.7 Å². The Morgan fingerprint density at radius 1 is 1.27 bits per heavy atom. The van der Waals surface area contributed by atoms with Crippen LogP contribution in [0.2, 0.25) is 10.0 Å². The van der Waals surface area contributed by atoms with Crippen molar-refractivity contribution < 1.29 is 9.13 Å². The highest BCUT2D eigenvalue weighted by Crippen LogP contribution is 2.45. The van der Waals surface area contributed by atoms with Crippen LogP contribution in [0.15, 0.2) is 24.3 Å². The number of nitrogens with one attached hydrogen (secondary N) is 1. The average Bonchev–Trinajstić information content (AvgIpc) is 2.45. The first kappa shape index (κ1) is 15.4. The summed E-state index contributed by atoms with van der Waals surface area (Å²) < 4.78 is 19.8. The molecule has 1 atom stereocenters. The van der Waals surface area contributed by atoms with Crippen LogP contribution in [-0.2, 0) is 0 Å². The van der Waals surface area contributed by atoms with Crippen molar-refractivity contribution in [1.29, 1.82) is 0 Å². The lowest BCUT2D eigenvalue weighted by Gasteiger charge is -2.29. The van der Waals surface area contributed by atoms with Crippen LogP contribution >= 0.6 is 23.2 Å². The lowest BCUT2D eigenvalue weighted by molar-refractivity contribution is 0.215. The van der Waals surface area contributed by atoms with Gasteiger partial charge in [-0.15, -0.1) is 0 Å².